The lowest BCUT2D eigenvalue weighted by molar-refractivity contribution is -0.123. The number of carbonyl (C=O) groups excluding carboxylic acids is 1. The fourth-order valence-electron chi connectivity index (χ4n) is 1.91. The van der Waals surface area contributed by atoms with Gasteiger partial charge < -0.3 is 4.74 Å². The second kappa shape index (κ2) is 8.71. The molecule has 0 atom stereocenters. The average Bonchev–Trinajstić information content (AvgIpc) is 2.55. The molecular weight excluding hydrogens is 347 g/mol. The first-order chi connectivity index (χ1) is 11.5. The molecule has 0 bridgehead atoms. The van der Waals surface area contributed by atoms with Gasteiger partial charge in [-0.15, -0.1) is 0 Å². The van der Waals surface area contributed by atoms with E-state index in [1.165, 1.54) is 11.8 Å². The van der Waals surface area contributed by atoms with Crippen molar-refractivity contribution in [3.05, 3.63) is 63.6 Å². The molecule has 2 aromatic carbocycles. The van der Waals surface area contributed by atoms with Gasteiger partial charge in [0, 0.05) is 10.6 Å². The Hall–Kier alpha value is -2.04. The van der Waals surface area contributed by atoms with Crippen molar-refractivity contribution in [2.75, 3.05) is 6.61 Å². The number of ether oxygens (including phenoxy) is 1. The summed E-state index contributed by atoms with van der Waals surface area (Å²) >= 11 is 11.8. The molecule has 24 heavy (non-hydrogen) atoms. The molecule has 0 aliphatic rings. The normalized spacial score (nSPS) is 11.0. The lowest BCUT2D eigenvalue weighted by atomic mass is 10.0. The van der Waals surface area contributed by atoms with Gasteiger partial charge in [0.05, 0.1) is 11.2 Å². The Labute approximate surface area is 151 Å². The Morgan fingerprint density at radius 1 is 1.21 bits per heavy atom. The van der Waals surface area contributed by atoms with Gasteiger partial charge >= 0.3 is 0 Å². The van der Waals surface area contributed by atoms with Gasteiger partial charge in [-0.3, -0.25) is 4.79 Å². The largest absolute Gasteiger partial charge is 0.484 e. The lowest BCUT2D eigenvalue weighted by Gasteiger charge is -2.08. The van der Waals surface area contributed by atoms with E-state index in [0.717, 1.165) is 0 Å². The van der Waals surface area contributed by atoms with Gasteiger partial charge in [-0.05, 0) is 35.7 Å². The van der Waals surface area contributed by atoms with E-state index in [-0.39, 0.29) is 12.5 Å². The summed E-state index contributed by atoms with van der Waals surface area (Å²) in [5.41, 5.74) is 4.26. The SMILES string of the molecule is CC(C)c1ccc(OCC(=O)N/N=C/c2ccc(Cl)cc2Cl)cc1. The highest BCUT2D eigenvalue weighted by Crippen LogP contribution is 2.19. The quantitative estimate of drug-likeness (QED) is 0.599. The summed E-state index contributed by atoms with van der Waals surface area (Å²) in [5, 5.41) is 4.85. The predicted octanol–water partition coefficient (Wildman–Crippen LogP) is 4.65. The summed E-state index contributed by atoms with van der Waals surface area (Å²) in [6, 6.07) is 12.7. The van der Waals surface area contributed by atoms with E-state index in [4.69, 9.17) is 27.9 Å². The van der Waals surface area contributed by atoms with E-state index in [1.807, 2.05) is 24.3 Å². The first-order valence-corrected chi connectivity index (χ1v) is 8.21. The molecule has 126 valence electrons. The van der Waals surface area contributed by atoms with Crippen molar-refractivity contribution in [3.63, 3.8) is 0 Å². The molecule has 0 spiro atoms. The minimum atomic E-state index is -0.357. The molecule has 0 radical (unpaired) electrons. The molecular formula is C18H18Cl2N2O2. The topological polar surface area (TPSA) is 50.7 Å². The number of hydrogen-bond acceptors (Lipinski definition) is 3. The molecule has 0 fully saturated rings. The van der Waals surface area contributed by atoms with E-state index in [0.29, 0.717) is 27.3 Å². The molecule has 6 heteroatoms. The maximum atomic E-state index is 11.7. The molecule has 0 unspecified atom stereocenters. The fraction of sp³-hybridized carbons (Fsp3) is 0.222. The standard InChI is InChI=1S/C18H18Cl2N2O2/c1-12(2)13-4-7-16(8-5-13)24-11-18(23)22-21-10-14-3-6-15(19)9-17(14)20/h3-10,12H,11H2,1-2H3,(H,22,23)/b21-10+. The highest BCUT2D eigenvalue weighted by Gasteiger charge is 2.03. The van der Waals surface area contributed by atoms with Crippen LogP contribution in [0.5, 0.6) is 5.75 Å². The zero-order valence-corrected chi connectivity index (χ0v) is 14.9. The number of nitrogens with zero attached hydrogens (tertiary/aromatic N) is 1. The van der Waals surface area contributed by atoms with Crippen LogP contribution in [0.3, 0.4) is 0 Å². The van der Waals surface area contributed by atoms with Crippen LogP contribution >= 0.6 is 23.2 Å². The summed E-state index contributed by atoms with van der Waals surface area (Å²) < 4.78 is 5.42. The monoisotopic (exact) mass is 364 g/mol. The first-order valence-electron chi connectivity index (χ1n) is 7.45. The zero-order chi connectivity index (χ0) is 17.5. The van der Waals surface area contributed by atoms with Crippen molar-refractivity contribution in [2.24, 2.45) is 5.10 Å². The third kappa shape index (κ3) is 5.55. The molecule has 0 aromatic heterocycles. The molecule has 0 aliphatic heterocycles. The highest BCUT2D eigenvalue weighted by atomic mass is 35.5. The van der Waals surface area contributed by atoms with E-state index in [9.17, 15) is 4.79 Å². The second-order valence-electron chi connectivity index (χ2n) is 5.47. The van der Waals surface area contributed by atoms with E-state index in [2.05, 4.69) is 24.4 Å². The van der Waals surface area contributed by atoms with E-state index in [1.54, 1.807) is 18.2 Å². The summed E-state index contributed by atoms with van der Waals surface area (Å²) in [6.07, 6.45) is 1.45. The fourth-order valence-corrected chi connectivity index (χ4v) is 2.37. The van der Waals surface area contributed by atoms with E-state index >= 15 is 0 Å². The van der Waals surface area contributed by atoms with Gasteiger partial charge in [-0.2, -0.15) is 5.10 Å². The summed E-state index contributed by atoms with van der Waals surface area (Å²) in [7, 11) is 0. The van der Waals surface area contributed by atoms with Gasteiger partial charge in [-0.1, -0.05) is 55.2 Å². The molecule has 4 nitrogen and oxygen atoms in total. The van der Waals surface area contributed by atoms with Gasteiger partial charge in [-0.25, -0.2) is 5.43 Å². The number of rotatable bonds is 6. The molecule has 0 saturated carbocycles. The van der Waals surface area contributed by atoms with Crippen LogP contribution in [0.4, 0.5) is 0 Å². The summed E-state index contributed by atoms with van der Waals surface area (Å²) in [4.78, 5) is 11.7. The highest BCUT2D eigenvalue weighted by molar-refractivity contribution is 6.36. The molecule has 2 rings (SSSR count). The molecule has 1 N–H and O–H groups in total. The summed E-state index contributed by atoms with van der Waals surface area (Å²) in [6.45, 7) is 4.12. The maximum absolute atomic E-state index is 11.7. The van der Waals surface area contributed by atoms with Crippen molar-refractivity contribution < 1.29 is 9.53 Å². The Kier molecular flexibility index (Phi) is 6.64. The minimum Gasteiger partial charge on any atom is -0.484 e. The zero-order valence-electron chi connectivity index (χ0n) is 13.4. The minimum absolute atomic E-state index is 0.118. The third-order valence-corrected chi connectivity index (χ3v) is 3.83. The molecule has 0 saturated heterocycles. The lowest BCUT2D eigenvalue weighted by Crippen LogP contribution is -2.24. The second-order valence-corrected chi connectivity index (χ2v) is 6.32. The van der Waals surface area contributed by atoms with Crippen molar-refractivity contribution in [3.8, 4) is 5.75 Å². The van der Waals surface area contributed by atoms with Crippen LogP contribution in [0.25, 0.3) is 0 Å². The third-order valence-electron chi connectivity index (χ3n) is 3.27. The number of amides is 1. The molecule has 2 aromatic rings. The summed E-state index contributed by atoms with van der Waals surface area (Å²) in [5.74, 6) is 0.736. The molecule has 0 aliphatic carbocycles. The maximum Gasteiger partial charge on any atom is 0.277 e. The van der Waals surface area contributed by atoms with Crippen molar-refractivity contribution >= 4 is 35.3 Å². The number of nitrogens with one attached hydrogen (secondary N) is 1. The molecule has 1 amide bonds. The van der Waals surface area contributed by atoms with Gasteiger partial charge in [0.2, 0.25) is 0 Å². The first kappa shape index (κ1) is 18.3. The Balaban J connectivity index is 1.81. The van der Waals surface area contributed by atoms with Crippen LogP contribution in [0, 0.1) is 0 Å². The average molecular weight is 365 g/mol. The smallest absolute Gasteiger partial charge is 0.277 e. The Morgan fingerprint density at radius 2 is 1.92 bits per heavy atom. The van der Waals surface area contributed by atoms with Crippen LogP contribution in [0.2, 0.25) is 10.0 Å². The van der Waals surface area contributed by atoms with E-state index < -0.39 is 0 Å². The van der Waals surface area contributed by atoms with Crippen molar-refractivity contribution in [2.45, 2.75) is 19.8 Å². The van der Waals surface area contributed by atoms with Gasteiger partial charge in [0.1, 0.15) is 5.75 Å². The predicted molar refractivity (Wildman–Crippen MR) is 98.2 cm³/mol. The van der Waals surface area contributed by atoms with Gasteiger partial charge in [0.15, 0.2) is 6.61 Å². The number of hydrogen-bond donors (Lipinski definition) is 1. The number of carbonyl (C=O) groups is 1. The van der Waals surface area contributed by atoms with Crippen molar-refractivity contribution in [1.29, 1.82) is 0 Å². The van der Waals surface area contributed by atoms with Crippen LogP contribution in [-0.2, 0) is 4.79 Å². The van der Waals surface area contributed by atoms with Crippen LogP contribution in [0.15, 0.2) is 47.6 Å². The van der Waals surface area contributed by atoms with Gasteiger partial charge in [0.25, 0.3) is 5.91 Å². The number of benzene rings is 2. The Bertz CT molecular complexity index is 728. The van der Waals surface area contributed by atoms with Crippen LogP contribution in [-0.4, -0.2) is 18.7 Å². The van der Waals surface area contributed by atoms with Crippen molar-refractivity contribution in [1.82, 2.24) is 5.43 Å². The Morgan fingerprint density at radius 3 is 2.54 bits per heavy atom. The number of hydrazone groups is 1. The molecule has 0 heterocycles. The number of halogens is 2. The van der Waals surface area contributed by atoms with Crippen LogP contribution < -0.4 is 10.2 Å². The van der Waals surface area contributed by atoms with Crippen LogP contribution in [0.1, 0.15) is 30.9 Å².